The van der Waals surface area contributed by atoms with Gasteiger partial charge in [-0.2, -0.15) is 0 Å². The normalized spacial score (nSPS) is 14.5. The Morgan fingerprint density at radius 1 is 1.04 bits per heavy atom. The van der Waals surface area contributed by atoms with E-state index in [9.17, 15) is 4.79 Å². The molecule has 1 rings (SSSR count). The van der Waals surface area contributed by atoms with Gasteiger partial charge in [-0.05, 0) is 41.4 Å². The molecule has 2 nitrogen and oxygen atoms in total. The molecule has 0 saturated carbocycles. The Bertz CT molecular complexity index is 578. The standard InChI is InChI=1S/C22H34O2/c1-10-20(23)15(2)14-24-16(3)17-11-18(21(4,5)6)13-19(12-17)22(7,8)9/h11-14,16H,10H2,1-9H3/b15-14+/t16-/m1/s1. The molecule has 1 aromatic rings. The predicted octanol–water partition coefficient (Wildman–Crippen LogP) is 6.24. The second-order valence-electron chi connectivity index (χ2n) is 8.70. The van der Waals surface area contributed by atoms with Crippen LogP contribution in [0.15, 0.2) is 30.0 Å². The van der Waals surface area contributed by atoms with Crippen LogP contribution in [-0.2, 0) is 20.4 Å². The molecule has 134 valence electrons. The fourth-order valence-electron chi connectivity index (χ4n) is 2.38. The maximum Gasteiger partial charge on any atom is 0.161 e. The molecule has 0 spiro atoms. The van der Waals surface area contributed by atoms with Crippen molar-refractivity contribution in [3.8, 4) is 0 Å². The van der Waals surface area contributed by atoms with Gasteiger partial charge in [0.05, 0.1) is 6.26 Å². The molecule has 0 radical (unpaired) electrons. The van der Waals surface area contributed by atoms with Crippen LogP contribution in [0, 0.1) is 0 Å². The Hall–Kier alpha value is -1.57. The van der Waals surface area contributed by atoms with E-state index in [1.54, 1.807) is 6.26 Å². The first kappa shape index (κ1) is 20.5. The van der Waals surface area contributed by atoms with Crippen LogP contribution >= 0.6 is 0 Å². The van der Waals surface area contributed by atoms with Crippen molar-refractivity contribution < 1.29 is 9.53 Å². The molecule has 0 aliphatic carbocycles. The molecule has 0 aromatic heterocycles. The van der Waals surface area contributed by atoms with E-state index in [2.05, 4.69) is 59.7 Å². The van der Waals surface area contributed by atoms with Crippen molar-refractivity contribution in [2.45, 2.75) is 85.7 Å². The lowest BCUT2D eigenvalue weighted by atomic mass is 9.79. The number of ketones is 1. The highest BCUT2D eigenvalue weighted by Crippen LogP contribution is 2.33. The van der Waals surface area contributed by atoms with Crippen molar-refractivity contribution in [1.29, 1.82) is 0 Å². The Morgan fingerprint density at radius 2 is 1.50 bits per heavy atom. The summed E-state index contributed by atoms with van der Waals surface area (Å²) in [5, 5.41) is 0. The van der Waals surface area contributed by atoms with Gasteiger partial charge >= 0.3 is 0 Å². The summed E-state index contributed by atoms with van der Waals surface area (Å²) < 4.78 is 5.87. The first-order chi connectivity index (χ1) is 10.9. The zero-order chi connectivity index (χ0) is 18.7. The summed E-state index contributed by atoms with van der Waals surface area (Å²) in [5.74, 6) is 0.126. The third-order valence-corrected chi connectivity index (χ3v) is 4.37. The average molecular weight is 331 g/mol. The number of allylic oxidation sites excluding steroid dienone is 1. The van der Waals surface area contributed by atoms with E-state index in [-0.39, 0.29) is 22.7 Å². The molecule has 0 aliphatic rings. The van der Waals surface area contributed by atoms with Crippen molar-refractivity contribution >= 4 is 5.78 Å². The predicted molar refractivity (Wildman–Crippen MR) is 102 cm³/mol. The largest absolute Gasteiger partial charge is 0.493 e. The molecule has 0 unspecified atom stereocenters. The maximum atomic E-state index is 11.7. The first-order valence-electron chi connectivity index (χ1n) is 8.87. The number of ether oxygens (including phenoxy) is 1. The number of hydrogen-bond acceptors (Lipinski definition) is 2. The molecular formula is C22H34O2. The van der Waals surface area contributed by atoms with Crippen molar-refractivity contribution in [2.75, 3.05) is 0 Å². The molecule has 24 heavy (non-hydrogen) atoms. The number of carbonyl (C=O) groups excluding carboxylic acids is 1. The average Bonchev–Trinajstić information content (AvgIpc) is 2.49. The zero-order valence-electron chi connectivity index (χ0n) is 16.9. The van der Waals surface area contributed by atoms with E-state index >= 15 is 0 Å². The lowest BCUT2D eigenvalue weighted by Crippen LogP contribution is -2.17. The van der Waals surface area contributed by atoms with Gasteiger partial charge in [0.25, 0.3) is 0 Å². The van der Waals surface area contributed by atoms with Crippen LogP contribution in [0.25, 0.3) is 0 Å². The molecule has 0 heterocycles. The molecule has 2 heteroatoms. The molecule has 1 aromatic carbocycles. The zero-order valence-corrected chi connectivity index (χ0v) is 16.9. The van der Waals surface area contributed by atoms with Crippen LogP contribution in [0.5, 0.6) is 0 Å². The Balaban J connectivity index is 3.20. The van der Waals surface area contributed by atoms with Crippen LogP contribution < -0.4 is 0 Å². The minimum Gasteiger partial charge on any atom is -0.493 e. The molecule has 0 bridgehead atoms. The molecule has 0 saturated heterocycles. The van der Waals surface area contributed by atoms with E-state index in [0.717, 1.165) is 5.56 Å². The highest BCUT2D eigenvalue weighted by Gasteiger charge is 2.22. The van der Waals surface area contributed by atoms with E-state index in [1.165, 1.54) is 11.1 Å². The van der Waals surface area contributed by atoms with Gasteiger partial charge in [-0.3, -0.25) is 4.79 Å². The quantitative estimate of drug-likeness (QED) is 0.471. The summed E-state index contributed by atoms with van der Waals surface area (Å²) in [6, 6.07) is 6.76. The lowest BCUT2D eigenvalue weighted by molar-refractivity contribution is -0.115. The van der Waals surface area contributed by atoms with E-state index < -0.39 is 0 Å². The fourth-order valence-corrected chi connectivity index (χ4v) is 2.38. The topological polar surface area (TPSA) is 26.3 Å². The summed E-state index contributed by atoms with van der Waals surface area (Å²) in [6.45, 7) is 19.1. The second-order valence-corrected chi connectivity index (χ2v) is 8.70. The molecule has 0 N–H and O–H groups in total. The van der Waals surface area contributed by atoms with Gasteiger partial charge in [-0.25, -0.2) is 0 Å². The minimum absolute atomic E-state index is 0.0830. The summed E-state index contributed by atoms with van der Waals surface area (Å²) in [4.78, 5) is 11.7. The Labute approximate surface area is 148 Å². The first-order valence-corrected chi connectivity index (χ1v) is 8.87. The smallest absolute Gasteiger partial charge is 0.161 e. The molecule has 0 amide bonds. The SMILES string of the molecule is CCC(=O)/C(C)=C/O[C@H](C)c1cc(C(C)(C)C)cc(C(C)(C)C)c1. The third kappa shape index (κ3) is 5.51. The molecule has 0 fully saturated rings. The van der Waals surface area contributed by atoms with Gasteiger partial charge in [0.15, 0.2) is 5.78 Å². The van der Waals surface area contributed by atoms with Crippen LogP contribution in [0.3, 0.4) is 0 Å². The maximum absolute atomic E-state index is 11.7. The second kappa shape index (κ2) is 7.55. The van der Waals surface area contributed by atoms with Crippen molar-refractivity contribution in [3.63, 3.8) is 0 Å². The summed E-state index contributed by atoms with van der Waals surface area (Å²) in [6.07, 6.45) is 2.03. The van der Waals surface area contributed by atoms with Crippen LogP contribution in [0.1, 0.15) is 91.5 Å². The Kier molecular flexibility index (Phi) is 6.44. The number of rotatable bonds is 5. The van der Waals surface area contributed by atoms with Gasteiger partial charge in [-0.15, -0.1) is 0 Å². The summed E-state index contributed by atoms with van der Waals surface area (Å²) in [7, 11) is 0. The van der Waals surface area contributed by atoms with E-state index in [0.29, 0.717) is 12.0 Å². The monoisotopic (exact) mass is 330 g/mol. The van der Waals surface area contributed by atoms with Crippen molar-refractivity contribution in [1.82, 2.24) is 0 Å². The van der Waals surface area contributed by atoms with Crippen molar-refractivity contribution in [2.24, 2.45) is 0 Å². The summed E-state index contributed by atoms with van der Waals surface area (Å²) in [5.41, 5.74) is 4.61. The summed E-state index contributed by atoms with van der Waals surface area (Å²) >= 11 is 0. The highest BCUT2D eigenvalue weighted by molar-refractivity contribution is 5.94. The van der Waals surface area contributed by atoms with Gasteiger partial charge in [0, 0.05) is 12.0 Å². The van der Waals surface area contributed by atoms with Crippen LogP contribution in [0.2, 0.25) is 0 Å². The molecule has 0 aliphatic heterocycles. The van der Waals surface area contributed by atoms with Gasteiger partial charge in [0.2, 0.25) is 0 Å². The third-order valence-electron chi connectivity index (χ3n) is 4.37. The number of hydrogen-bond donors (Lipinski definition) is 0. The van der Waals surface area contributed by atoms with E-state index in [4.69, 9.17) is 4.74 Å². The van der Waals surface area contributed by atoms with Gasteiger partial charge in [-0.1, -0.05) is 66.7 Å². The molecular weight excluding hydrogens is 296 g/mol. The van der Waals surface area contributed by atoms with E-state index in [1.807, 2.05) is 20.8 Å². The Morgan fingerprint density at radius 3 is 1.88 bits per heavy atom. The number of benzene rings is 1. The lowest BCUT2D eigenvalue weighted by Gasteiger charge is -2.27. The fraction of sp³-hybridized carbons (Fsp3) is 0.591. The highest BCUT2D eigenvalue weighted by atomic mass is 16.5. The number of Topliss-reactive ketones (excluding diaryl/α,β-unsaturated/α-hetero) is 1. The van der Waals surface area contributed by atoms with Crippen LogP contribution in [-0.4, -0.2) is 5.78 Å². The minimum atomic E-state index is -0.0898. The number of carbonyl (C=O) groups is 1. The van der Waals surface area contributed by atoms with Gasteiger partial charge in [0.1, 0.15) is 6.10 Å². The van der Waals surface area contributed by atoms with Gasteiger partial charge < -0.3 is 4.74 Å². The van der Waals surface area contributed by atoms with Crippen molar-refractivity contribution in [3.05, 3.63) is 46.7 Å². The molecule has 1 atom stereocenters. The van der Waals surface area contributed by atoms with Crippen LogP contribution in [0.4, 0.5) is 0 Å².